The lowest BCUT2D eigenvalue weighted by molar-refractivity contribution is 0.144. The Hall–Kier alpha value is -2.78. The van der Waals surface area contributed by atoms with Gasteiger partial charge in [0.15, 0.2) is 11.5 Å². The van der Waals surface area contributed by atoms with Gasteiger partial charge in [-0.3, -0.25) is 0 Å². The number of methoxy groups -OCH3 is 2. The lowest BCUT2D eigenvalue weighted by atomic mass is 10.1. The Labute approximate surface area is 148 Å². The molecule has 0 aliphatic rings. The number of hydrogen-bond donors (Lipinski definition) is 0. The molecule has 0 unspecified atom stereocenters. The molecule has 3 nitrogen and oxygen atoms in total. The minimum Gasteiger partial charge on any atom is -0.493 e. The highest BCUT2D eigenvalue weighted by Gasteiger charge is 2.04. The van der Waals surface area contributed by atoms with Gasteiger partial charge in [0.25, 0.3) is 0 Å². The van der Waals surface area contributed by atoms with Crippen molar-refractivity contribution in [3.8, 4) is 11.5 Å². The first-order chi connectivity index (χ1) is 12.3. The van der Waals surface area contributed by atoms with E-state index in [1.807, 2.05) is 18.2 Å². The van der Waals surface area contributed by atoms with Crippen LogP contribution < -0.4 is 9.47 Å². The minimum atomic E-state index is 0.491. The number of rotatable bonds is 7. The standard InChI is InChI=1S/C22H22O3/c1-23-13-14-25-22-16-18(10-12-21(22)24-2)8-7-17-9-11-19-5-3-4-6-20(19)15-17/h3-12,15-16H,13-14H2,1-2H3/b8-7-. The summed E-state index contributed by atoms with van der Waals surface area (Å²) in [4.78, 5) is 0. The van der Waals surface area contributed by atoms with E-state index in [-0.39, 0.29) is 0 Å². The number of hydrogen-bond acceptors (Lipinski definition) is 3. The second kappa shape index (κ2) is 8.36. The van der Waals surface area contributed by atoms with Gasteiger partial charge in [-0.1, -0.05) is 54.6 Å². The van der Waals surface area contributed by atoms with Crippen LogP contribution in [0, 0.1) is 0 Å². The average molecular weight is 334 g/mol. The first-order valence-electron chi connectivity index (χ1n) is 8.27. The maximum Gasteiger partial charge on any atom is 0.161 e. The van der Waals surface area contributed by atoms with Crippen molar-refractivity contribution in [2.75, 3.05) is 27.4 Å². The summed E-state index contributed by atoms with van der Waals surface area (Å²) in [7, 11) is 3.30. The first kappa shape index (κ1) is 17.1. The van der Waals surface area contributed by atoms with Crippen LogP contribution in [0.15, 0.2) is 60.7 Å². The molecule has 0 heterocycles. The quantitative estimate of drug-likeness (QED) is 0.447. The van der Waals surface area contributed by atoms with Gasteiger partial charge in [0.2, 0.25) is 0 Å². The van der Waals surface area contributed by atoms with Crippen LogP contribution in [-0.4, -0.2) is 27.4 Å². The van der Waals surface area contributed by atoms with E-state index in [0.717, 1.165) is 22.6 Å². The number of benzene rings is 3. The molecule has 0 aromatic heterocycles. The summed E-state index contributed by atoms with van der Waals surface area (Å²) in [6, 6.07) is 20.7. The van der Waals surface area contributed by atoms with Crippen LogP contribution in [0.25, 0.3) is 22.9 Å². The van der Waals surface area contributed by atoms with Gasteiger partial charge in [0.05, 0.1) is 13.7 Å². The molecule has 0 atom stereocenters. The molecule has 0 amide bonds. The van der Waals surface area contributed by atoms with Crippen LogP contribution in [0.1, 0.15) is 11.1 Å². The van der Waals surface area contributed by atoms with E-state index in [2.05, 4.69) is 54.6 Å². The predicted molar refractivity (Wildman–Crippen MR) is 103 cm³/mol. The van der Waals surface area contributed by atoms with Gasteiger partial charge < -0.3 is 14.2 Å². The molecule has 0 bridgehead atoms. The Kier molecular flexibility index (Phi) is 5.70. The zero-order chi connectivity index (χ0) is 17.5. The second-order valence-corrected chi connectivity index (χ2v) is 5.69. The maximum atomic E-state index is 5.73. The van der Waals surface area contributed by atoms with Crippen molar-refractivity contribution in [1.29, 1.82) is 0 Å². The summed E-state index contributed by atoms with van der Waals surface area (Å²) in [5.74, 6) is 1.44. The van der Waals surface area contributed by atoms with E-state index < -0.39 is 0 Å². The summed E-state index contributed by atoms with van der Waals surface area (Å²) < 4.78 is 16.1. The van der Waals surface area contributed by atoms with Gasteiger partial charge >= 0.3 is 0 Å². The Balaban J connectivity index is 1.80. The highest BCUT2D eigenvalue weighted by atomic mass is 16.5. The maximum absolute atomic E-state index is 5.73. The van der Waals surface area contributed by atoms with Crippen molar-refractivity contribution in [3.63, 3.8) is 0 Å². The first-order valence-corrected chi connectivity index (χ1v) is 8.27. The van der Waals surface area contributed by atoms with E-state index in [0.29, 0.717) is 13.2 Å². The van der Waals surface area contributed by atoms with Crippen LogP contribution >= 0.6 is 0 Å². The summed E-state index contributed by atoms with van der Waals surface area (Å²) in [6.45, 7) is 1.03. The normalized spacial score (nSPS) is 11.1. The van der Waals surface area contributed by atoms with Crippen LogP contribution in [0.2, 0.25) is 0 Å². The van der Waals surface area contributed by atoms with E-state index in [4.69, 9.17) is 14.2 Å². The molecule has 3 rings (SSSR count). The zero-order valence-electron chi connectivity index (χ0n) is 14.6. The summed E-state index contributed by atoms with van der Waals surface area (Å²) in [6.07, 6.45) is 4.18. The molecule has 0 aliphatic heterocycles. The van der Waals surface area contributed by atoms with Crippen molar-refractivity contribution >= 4 is 22.9 Å². The molecule has 3 heteroatoms. The van der Waals surface area contributed by atoms with Crippen LogP contribution in [-0.2, 0) is 4.74 Å². The molecule has 0 saturated carbocycles. The highest BCUT2D eigenvalue weighted by molar-refractivity contribution is 5.86. The molecular weight excluding hydrogens is 312 g/mol. The lowest BCUT2D eigenvalue weighted by Crippen LogP contribution is -2.05. The second-order valence-electron chi connectivity index (χ2n) is 5.69. The Bertz CT molecular complexity index is 868. The predicted octanol–water partition coefficient (Wildman–Crippen LogP) is 5.04. The fourth-order valence-corrected chi connectivity index (χ4v) is 2.65. The topological polar surface area (TPSA) is 27.7 Å². The van der Waals surface area contributed by atoms with Crippen molar-refractivity contribution in [2.45, 2.75) is 0 Å². The Morgan fingerprint density at radius 2 is 1.44 bits per heavy atom. The van der Waals surface area contributed by atoms with Gasteiger partial charge in [0.1, 0.15) is 6.61 Å². The molecule has 3 aromatic rings. The van der Waals surface area contributed by atoms with Gasteiger partial charge in [-0.05, 0) is 40.1 Å². The molecule has 3 aromatic carbocycles. The van der Waals surface area contributed by atoms with Crippen molar-refractivity contribution < 1.29 is 14.2 Å². The average Bonchev–Trinajstić information content (AvgIpc) is 2.66. The third-order valence-electron chi connectivity index (χ3n) is 3.97. The SMILES string of the molecule is COCCOc1cc(/C=C\c2ccc3ccccc3c2)ccc1OC. The summed E-state index contributed by atoms with van der Waals surface area (Å²) in [5, 5.41) is 2.49. The third-order valence-corrected chi connectivity index (χ3v) is 3.97. The van der Waals surface area contributed by atoms with E-state index in [9.17, 15) is 0 Å². The third kappa shape index (κ3) is 4.40. The number of fused-ring (bicyclic) bond motifs is 1. The fraction of sp³-hybridized carbons (Fsp3) is 0.182. The van der Waals surface area contributed by atoms with Crippen molar-refractivity contribution in [2.24, 2.45) is 0 Å². The fourth-order valence-electron chi connectivity index (χ4n) is 2.65. The van der Waals surface area contributed by atoms with Crippen LogP contribution in [0.3, 0.4) is 0 Å². The summed E-state index contributed by atoms with van der Waals surface area (Å²) >= 11 is 0. The molecule has 0 fully saturated rings. The Morgan fingerprint density at radius 1 is 0.720 bits per heavy atom. The molecule has 0 N–H and O–H groups in total. The smallest absolute Gasteiger partial charge is 0.161 e. The molecule has 0 spiro atoms. The lowest BCUT2D eigenvalue weighted by Gasteiger charge is -2.11. The van der Waals surface area contributed by atoms with Crippen molar-refractivity contribution in [3.05, 3.63) is 71.8 Å². The van der Waals surface area contributed by atoms with Gasteiger partial charge in [-0.15, -0.1) is 0 Å². The monoisotopic (exact) mass is 334 g/mol. The zero-order valence-corrected chi connectivity index (χ0v) is 14.6. The van der Waals surface area contributed by atoms with Gasteiger partial charge in [-0.25, -0.2) is 0 Å². The molecule has 0 radical (unpaired) electrons. The van der Waals surface area contributed by atoms with Gasteiger partial charge in [0, 0.05) is 7.11 Å². The van der Waals surface area contributed by atoms with Crippen LogP contribution in [0.5, 0.6) is 11.5 Å². The molecule has 0 aliphatic carbocycles. The summed E-state index contributed by atoms with van der Waals surface area (Å²) in [5.41, 5.74) is 2.22. The Morgan fingerprint density at radius 3 is 2.20 bits per heavy atom. The number of ether oxygens (including phenoxy) is 3. The molecule has 128 valence electrons. The molecular formula is C22H22O3. The van der Waals surface area contributed by atoms with E-state index in [1.54, 1.807) is 14.2 Å². The van der Waals surface area contributed by atoms with E-state index >= 15 is 0 Å². The van der Waals surface area contributed by atoms with Crippen LogP contribution in [0.4, 0.5) is 0 Å². The van der Waals surface area contributed by atoms with Gasteiger partial charge in [-0.2, -0.15) is 0 Å². The van der Waals surface area contributed by atoms with E-state index in [1.165, 1.54) is 10.8 Å². The molecule has 25 heavy (non-hydrogen) atoms. The highest BCUT2D eigenvalue weighted by Crippen LogP contribution is 2.29. The largest absolute Gasteiger partial charge is 0.493 e. The van der Waals surface area contributed by atoms with Crippen molar-refractivity contribution in [1.82, 2.24) is 0 Å². The minimum absolute atomic E-state index is 0.491. The molecule has 0 saturated heterocycles.